The number of aryl methyl sites for hydroxylation is 2. The van der Waals surface area contributed by atoms with Gasteiger partial charge in [-0.3, -0.25) is 9.59 Å². The predicted octanol–water partition coefficient (Wildman–Crippen LogP) is 2.52. The van der Waals surface area contributed by atoms with Crippen LogP contribution in [-0.2, 0) is 22.4 Å². The van der Waals surface area contributed by atoms with Gasteiger partial charge in [-0.05, 0) is 63.0 Å². The highest BCUT2D eigenvalue weighted by Crippen LogP contribution is 2.48. The number of pyridine rings is 1. The molecule has 1 saturated carbocycles. The van der Waals surface area contributed by atoms with Gasteiger partial charge in [-0.1, -0.05) is 6.07 Å². The normalized spacial score (nSPS) is 17.3. The molecule has 0 radical (unpaired) electrons. The number of unbranched alkanes of at least 4 members (excludes halogenated alkanes) is 1. The Morgan fingerprint density at radius 3 is 2.88 bits per heavy atom. The number of aromatic nitrogens is 1. The Balaban J connectivity index is 1.30. The number of aliphatic carboxylic acids is 1. The number of anilines is 1. The number of amides is 1. The van der Waals surface area contributed by atoms with Crippen LogP contribution in [0.25, 0.3) is 0 Å². The highest BCUT2D eigenvalue weighted by Gasteiger charge is 2.49. The molecular weight excluding hydrogens is 318 g/mol. The zero-order chi connectivity index (χ0) is 17.7. The summed E-state index contributed by atoms with van der Waals surface area (Å²) in [7, 11) is 0. The predicted molar refractivity (Wildman–Crippen MR) is 95.5 cm³/mol. The van der Waals surface area contributed by atoms with Crippen molar-refractivity contribution in [2.24, 2.45) is 5.41 Å². The first kappa shape index (κ1) is 17.7. The molecule has 3 N–H and O–H groups in total. The molecule has 1 aromatic rings. The van der Waals surface area contributed by atoms with Gasteiger partial charge in [0.1, 0.15) is 5.82 Å². The van der Waals surface area contributed by atoms with Crippen molar-refractivity contribution in [3.05, 3.63) is 23.4 Å². The van der Waals surface area contributed by atoms with E-state index >= 15 is 0 Å². The number of carboxylic acid groups (broad SMARTS) is 1. The minimum Gasteiger partial charge on any atom is -0.481 e. The number of nitrogens with one attached hydrogen (secondary N) is 2. The topological polar surface area (TPSA) is 91.3 Å². The lowest BCUT2D eigenvalue weighted by Crippen LogP contribution is -2.28. The second kappa shape index (κ2) is 7.85. The SMILES string of the molecule is O=C(CCCCc1ccc2c(n1)NCCC2)NCCC1(C(=O)O)CC1. The molecule has 0 unspecified atom stereocenters. The van der Waals surface area contributed by atoms with Crippen molar-refractivity contribution >= 4 is 17.7 Å². The summed E-state index contributed by atoms with van der Waals surface area (Å²) in [5, 5.41) is 15.3. The largest absolute Gasteiger partial charge is 0.481 e. The van der Waals surface area contributed by atoms with Crippen LogP contribution in [0.5, 0.6) is 0 Å². The third-order valence-electron chi connectivity index (χ3n) is 5.27. The van der Waals surface area contributed by atoms with Crippen molar-refractivity contribution in [2.75, 3.05) is 18.4 Å². The summed E-state index contributed by atoms with van der Waals surface area (Å²) < 4.78 is 0. The van der Waals surface area contributed by atoms with Crippen LogP contribution < -0.4 is 10.6 Å². The van der Waals surface area contributed by atoms with Gasteiger partial charge >= 0.3 is 5.97 Å². The Bertz CT molecular complexity index is 641. The highest BCUT2D eigenvalue weighted by atomic mass is 16.4. The van der Waals surface area contributed by atoms with Crippen molar-refractivity contribution in [1.82, 2.24) is 10.3 Å². The zero-order valence-corrected chi connectivity index (χ0v) is 14.6. The van der Waals surface area contributed by atoms with Gasteiger partial charge in [-0.2, -0.15) is 0 Å². The first-order chi connectivity index (χ1) is 12.1. The third kappa shape index (κ3) is 4.71. The standard InChI is InChI=1S/C19H27N3O3/c23-16(20-13-11-19(9-10-19)18(24)25)6-2-1-5-15-8-7-14-4-3-12-21-17(14)22-15/h7-8H,1-6,9-13H2,(H,20,23)(H,21,22)(H,24,25). The summed E-state index contributed by atoms with van der Waals surface area (Å²) in [5.74, 6) is 0.309. The van der Waals surface area contributed by atoms with Crippen LogP contribution >= 0.6 is 0 Å². The van der Waals surface area contributed by atoms with Crippen LogP contribution in [-0.4, -0.2) is 35.1 Å². The van der Waals surface area contributed by atoms with E-state index in [1.54, 1.807) is 0 Å². The summed E-state index contributed by atoms with van der Waals surface area (Å²) in [5.41, 5.74) is 1.81. The molecule has 1 aliphatic carbocycles. The lowest BCUT2D eigenvalue weighted by Gasteiger charge is -2.17. The molecule has 1 amide bonds. The monoisotopic (exact) mass is 345 g/mol. The second-order valence-electron chi connectivity index (χ2n) is 7.23. The summed E-state index contributed by atoms with van der Waals surface area (Å²) >= 11 is 0. The molecule has 0 bridgehead atoms. The highest BCUT2D eigenvalue weighted by molar-refractivity contribution is 5.78. The first-order valence-corrected chi connectivity index (χ1v) is 9.32. The lowest BCUT2D eigenvalue weighted by atomic mass is 10.0. The Hall–Kier alpha value is -2.11. The molecule has 0 spiro atoms. The molecule has 2 aliphatic rings. The van der Waals surface area contributed by atoms with Gasteiger partial charge < -0.3 is 15.7 Å². The van der Waals surface area contributed by atoms with Crippen LogP contribution in [0.4, 0.5) is 5.82 Å². The summed E-state index contributed by atoms with van der Waals surface area (Å²) in [6.45, 7) is 1.45. The van der Waals surface area contributed by atoms with Crippen molar-refractivity contribution < 1.29 is 14.7 Å². The Labute approximate surface area is 148 Å². The van der Waals surface area contributed by atoms with E-state index in [4.69, 9.17) is 5.11 Å². The fourth-order valence-corrected chi connectivity index (χ4v) is 3.35. The van der Waals surface area contributed by atoms with E-state index in [1.807, 2.05) is 0 Å². The molecule has 1 aromatic heterocycles. The van der Waals surface area contributed by atoms with E-state index in [2.05, 4.69) is 27.8 Å². The molecule has 0 atom stereocenters. The van der Waals surface area contributed by atoms with Crippen LogP contribution in [0.15, 0.2) is 12.1 Å². The van der Waals surface area contributed by atoms with E-state index in [9.17, 15) is 9.59 Å². The Morgan fingerprint density at radius 2 is 2.12 bits per heavy atom. The van der Waals surface area contributed by atoms with Gasteiger partial charge in [0, 0.05) is 25.2 Å². The number of hydrogen-bond acceptors (Lipinski definition) is 4. The number of rotatable bonds is 9. The third-order valence-corrected chi connectivity index (χ3v) is 5.27. The average molecular weight is 345 g/mol. The maximum atomic E-state index is 11.8. The lowest BCUT2D eigenvalue weighted by molar-refractivity contribution is -0.143. The Kier molecular flexibility index (Phi) is 5.56. The second-order valence-corrected chi connectivity index (χ2v) is 7.23. The van der Waals surface area contributed by atoms with Crippen LogP contribution in [0.1, 0.15) is 56.2 Å². The van der Waals surface area contributed by atoms with E-state index in [0.29, 0.717) is 19.4 Å². The Morgan fingerprint density at radius 1 is 1.28 bits per heavy atom. The zero-order valence-electron chi connectivity index (χ0n) is 14.6. The average Bonchev–Trinajstić information content (AvgIpc) is 3.40. The molecule has 6 nitrogen and oxygen atoms in total. The summed E-state index contributed by atoms with van der Waals surface area (Å²) in [4.78, 5) is 27.6. The summed E-state index contributed by atoms with van der Waals surface area (Å²) in [6.07, 6.45) is 7.39. The molecule has 0 saturated heterocycles. The maximum Gasteiger partial charge on any atom is 0.309 e. The van der Waals surface area contributed by atoms with Crippen LogP contribution in [0, 0.1) is 5.41 Å². The molecule has 6 heteroatoms. The van der Waals surface area contributed by atoms with Gasteiger partial charge in [0.15, 0.2) is 0 Å². The van der Waals surface area contributed by atoms with E-state index in [1.165, 1.54) is 5.56 Å². The number of nitrogens with zero attached hydrogens (tertiary/aromatic N) is 1. The van der Waals surface area contributed by atoms with Gasteiger partial charge in [0.2, 0.25) is 5.91 Å². The minimum atomic E-state index is -0.728. The van der Waals surface area contributed by atoms with E-state index in [0.717, 1.165) is 63.0 Å². The van der Waals surface area contributed by atoms with Gasteiger partial charge in [0.25, 0.3) is 0 Å². The number of carbonyl (C=O) groups is 2. The molecule has 25 heavy (non-hydrogen) atoms. The quantitative estimate of drug-likeness (QED) is 0.598. The van der Waals surface area contributed by atoms with Gasteiger partial charge in [-0.15, -0.1) is 0 Å². The van der Waals surface area contributed by atoms with Crippen molar-refractivity contribution in [1.29, 1.82) is 0 Å². The van der Waals surface area contributed by atoms with Crippen LogP contribution in [0.3, 0.4) is 0 Å². The van der Waals surface area contributed by atoms with Gasteiger partial charge in [-0.25, -0.2) is 4.98 Å². The molecule has 3 rings (SSSR count). The molecule has 1 fully saturated rings. The van der Waals surface area contributed by atoms with Crippen molar-refractivity contribution in [3.63, 3.8) is 0 Å². The molecule has 136 valence electrons. The van der Waals surface area contributed by atoms with Gasteiger partial charge in [0.05, 0.1) is 5.41 Å². The number of fused-ring (bicyclic) bond motifs is 1. The van der Waals surface area contributed by atoms with E-state index in [-0.39, 0.29) is 5.91 Å². The van der Waals surface area contributed by atoms with Crippen molar-refractivity contribution in [2.45, 2.75) is 57.8 Å². The fraction of sp³-hybridized carbons (Fsp3) is 0.632. The first-order valence-electron chi connectivity index (χ1n) is 9.32. The molecular formula is C19H27N3O3. The fourth-order valence-electron chi connectivity index (χ4n) is 3.35. The van der Waals surface area contributed by atoms with Crippen LogP contribution in [0.2, 0.25) is 0 Å². The number of hydrogen-bond donors (Lipinski definition) is 3. The molecule has 2 heterocycles. The minimum absolute atomic E-state index is 0.0151. The number of carboxylic acids is 1. The molecule has 0 aromatic carbocycles. The maximum absolute atomic E-state index is 11.8. The van der Waals surface area contributed by atoms with E-state index < -0.39 is 11.4 Å². The smallest absolute Gasteiger partial charge is 0.309 e. The number of carbonyl (C=O) groups excluding carboxylic acids is 1. The summed E-state index contributed by atoms with van der Waals surface area (Å²) in [6, 6.07) is 4.25. The molecule has 1 aliphatic heterocycles. The van der Waals surface area contributed by atoms with Crippen molar-refractivity contribution in [3.8, 4) is 0 Å².